The average Bonchev–Trinajstić information content (AvgIpc) is 3.54. The van der Waals surface area contributed by atoms with E-state index in [-0.39, 0.29) is 22.2 Å². The van der Waals surface area contributed by atoms with Gasteiger partial charge in [-0.2, -0.15) is 0 Å². The number of hydrogen-bond acceptors (Lipinski definition) is 9. The topological polar surface area (TPSA) is 127 Å². The van der Waals surface area contributed by atoms with Crippen LogP contribution in [0.4, 0.5) is 10.8 Å². The quantitative estimate of drug-likeness (QED) is 0.265. The minimum absolute atomic E-state index is 0.00215. The summed E-state index contributed by atoms with van der Waals surface area (Å²) in [6.45, 7) is 0. The summed E-state index contributed by atoms with van der Waals surface area (Å²) in [5.41, 5.74) is 0.265. The molecule has 0 radical (unpaired) electrons. The van der Waals surface area contributed by atoms with E-state index in [1.807, 2.05) is 0 Å². The number of nitrogens with zero attached hydrogens (tertiary/aromatic N) is 3. The van der Waals surface area contributed by atoms with Crippen LogP contribution in [0.5, 0.6) is 0 Å². The number of hydrogen-bond donors (Lipinski definition) is 1. The molecular weight excluding hydrogens is 442 g/mol. The van der Waals surface area contributed by atoms with Gasteiger partial charge >= 0.3 is 0 Å². The number of thiazole rings is 1. The van der Waals surface area contributed by atoms with Gasteiger partial charge in [-0.1, -0.05) is 17.4 Å². The van der Waals surface area contributed by atoms with E-state index in [1.165, 1.54) is 46.8 Å². The van der Waals surface area contributed by atoms with Gasteiger partial charge in [0.1, 0.15) is 6.04 Å². The molecule has 1 unspecified atom stereocenters. The first-order valence-electron chi connectivity index (χ1n) is 8.89. The molecule has 31 heavy (non-hydrogen) atoms. The first kappa shape index (κ1) is 19.2. The molecule has 154 valence electrons. The van der Waals surface area contributed by atoms with Gasteiger partial charge in [-0.3, -0.25) is 24.6 Å². The van der Waals surface area contributed by atoms with Crippen LogP contribution < -0.4 is 4.90 Å². The zero-order chi connectivity index (χ0) is 21.7. The lowest BCUT2D eigenvalue weighted by molar-refractivity contribution is -0.384. The molecule has 4 aromatic rings. The Balaban J connectivity index is 1.65. The van der Waals surface area contributed by atoms with Gasteiger partial charge in [-0.05, 0) is 29.6 Å². The zero-order valence-corrected chi connectivity index (χ0v) is 17.1. The van der Waals surface area contributed by atoms with E-state index >= 15 is 0 Å². The highest BCUT2D eigenvalue weighted by molar-refractivity contribution is 7.22. The van der Waals surface area contributed by atoms with E-state index in [2.05, 4.69) is 4.98 Å². The van der Waals surface area contributed by atoms with Gasteiger partial charge in [0, 0.05) is 17.0 Å². The number of aromatic nitrogens is 1. The van der Waals surface area contributed by atoms with Crippen LogP contribution in [0, 0.1) is 10.1 Å². The van der Waals surface area contributed by atoms with Crippen LogP contribution in [0.1, 0.15) is 21.5 Å². The van der Waals surface area contributed by atoms with Crippen molar-refractivity contribution in [1.29, 1.82) is 0 Å². The highest BCUT2D eigenvalue weighted by Gasteiger charge is 2.47. The third-order valence-electron chi connectivity index (χ3n) is 4.79. The van der Waals surface area contributed by atoms with E-state index in [1.54, 1.807) is 23.6 Å². The molecule has 1 atom stereocenters. The van der Waals surface area contributed by atoms with Crippen molar-refractivity contribution in [3.63, 3.8) is 0 Å². The Kier molecular flexibility index (Phi) is 4.41. The lowest BCUT2D eigenvalue weighted by Crippen LogP contribution is -2.30. The number of carbonyl (C=O) groups excluding carboxylic acids is 2. The SMILES string of the molecule is O=C(C1=C(O)C(=O)N(c2nc3ccc([N+](=O)[O-])cc3s2)C1c1cccs1)c1ccco1. The number of rotatable bonds is 5. The first-order chi connectivity index (χ1) is 15.0. The fourth-order valence-corrected chi connectivity index (χ4v) is 5.26. The zero-order valence-electron chi connectivity index (χ0n) is 15.4. The van der Waals surface area contributed by atoms with Gasteiger partial charge in [0.2, 0.25) is 5.78 Å². The molecule has 1 amide bonds. The maximum Gasteiger partial charge on any atom is 0.296 e. The van der Waals surface area contributed by atoms with E-state index in [9.17, 15) is 24.8 Å². The second-order valence-electron chi connectivity index (χ2n) is 6.57. The van der Waals surface area contributed by atoms with E-state index in [0.717, 1.165) is 11.3 Å². The van der Waals surface area contributed by atoms with Crippen molar-refractivity contribution in [2.45, 2.75) is 6.04 Å². The van der Waals surface area contributed by atoms with Gasteiger partial charge in [-0.25, -0.2) is 4.98 Å². The molecule has 9 nitrogen and oxygen atoms in total. The number of non-ortho nitro benzene ring substituents is 1. The minimum Gasteiger partial charge on any atom is -0.503 e. The predicted molar refractivity (Wildman–Crippen MR) is 114 cm³/mol. The number of amides is 1. The molecule has 5 rings (SSSR count). The summed E-state index contributed by atoms with van der Waals surface area (Å²) in [6.07, 6.45) is 1.33. The van der Waals surface area contributed by atoms with Crippen molar-refractivity contribution in [3.05, 3.63) is 86.2 Å². The van der Waals surface area contributed by atoms with E-state index in [4.69, 9.17) is 4.42 Å². The molecule has 4 heterocycles. The monoisotopic (exact) mass is 453 g/mol. The van der Waals surface area contributed by atoms with Crippen LogP contribution in [-0.2, 0) is 4.79 Å². The molecule has 0 saturated heterocycles. The molecule has 1 aliphatic rings. The van der Waals surface area contributed by atoms with Crippen LogP contribution in [-0.4, -0.2) is 26.7 Å². The van der Waals surface area contributed by atoms with Gasteiger partial charge < -0.3 is 9.52 Å². The van der Waals surface area contributed by atoms with Gasteiger partial charge in [0.05, 0.1) is 27.0 Å². The lowest BCUT2D eigenvalue weighted by atomic mass is 10.0. The fourth-order valence-electron chi connectivity index (χ4n) is 3.41. The van der Waals surface area contributed by atoms with Crippen molar-refractivity contribution in [3.8, 4) is 0 Å². The lowest BCUT2D eigenvalue weighted by Gasteiger charge is -2.22. The Bertz CT molecular complexity index is 1370. The van der Waals surface area contributed by atoms with Crippen LogP contribution in [0.25, 0.3) is 10.2 Å². The smallest absolute Gasteiger partial charge is 0.296 e. The standard InChI is InChI=1S/C20H11N3O6S2/c24-17(12-3-1-7-29-12)15-16(13-4-2-8-30-13)22(19(26)18(15)25)20-21-11-6-5-10(23(27)28)9-14(11)31-20/h1-9,16,25H. The number of ketones is 1. The Hall–Kier alpha value is -3.83. The van der Waals surface area contributed by atoms with Crippen LogP contribution >= 0.6 is 22.7 Å². The summed E-state index contributed by atoms with van der Waals surface area (Å²) in [7, 11) is 0. The second-order valence-corrected chi connectivity index (χ2v) is 8.56. The van der Waals surface area contributed by atoms with Crippen molar-refractivity contribution in [2.24, 2.45) is 0 Å². The summed E-state index contributed by atoms with van der Waals surface area (Å²) in [5.74, 6) is -2.06. The third-order valence-corrected chi connectivity index (χ3v) is 6.73. The number of nitro benzene ring substituents is 1. The van der Waals surface area contributed by atoms with E-state index < -0.39 is 28.4 Å². The molecule has 3 aromatic heterocycles. The number of fused-ring (bicyclic) bond motifs is 1. The third kappa shape index (κ3) is 3.02. The predicted octanol–water partition coefficient (Wildman–Crippen LogP) is 4.64. The summed E-state index contributed by atoms with van der Waals surface area (Å²) in [6, 6.07) is 9.82. The van der Waals surface area contributed by atoms with Crippen molar-refractivity contribution >= 4 is 55.4 Å². The summed E-state index contributed by atoms with van der Waals surface area (Å²) < 4.78 is 5.69. The number of benzene rings is 1. The number of anilines is 1. The fraction of sp³-hybridized carbons (Fsp3) is 0.0500. The average molecular weight is 453 g/mol. The Labute approximate surface area is 181 Å². The molecule has 0 fully saturated rings. The number of aliphatic hydroxyl groups is 1. The van der Waals surface area contributed by atoms with Crippen molar-refractivity contribution < 1.29 is 24.0 Å². The minimum atomic E-state index is -0.902. The number of carbonyl (C=O) groups is 2. The maximum absolute atomic E-state index is 13.1. The molecule has 0 aliphatic carbocycles. The largest absolute Gasteiger partial charge is 0.503 e. The number of furan rings is 1. The number of thiophene rings is 1. The van der Waals surface area contributed by atoms with Gasteiger partial charge in [0.15, 0.2) is 16.7 Å². The Morgan fingerprint density at radius 2 is 2.10 bits per heavy atom. The van der Waals surface area contributed by atoms with Crippen LogP contribution in [0.15, 0.2) is 69.9 Å². The molecule has 1 aliphatic heterocycles. The summed E-state index contributed by atoms with van der Waals surface area (Å²) in [4.78, 5) is 43.0. The van der Waals surface area contributed by atoms with Crippen LogP contribution in [0.3, 0.4) is 0 Å². The van der Waals surface area contributed by atoms with Crippen molar-refractivity contribution in [1.82, 2.24) is 4.98 Å². The van der Waals surface area contributed by atoms with Crippen molar-refractivity contribution in [2.75, 3.05) is 4.90 Å². The molecule has 0 spiro atoms. The highest BCUT2D eigenvalue weighted by atomic mass is 32.1. The normalized spacial score (nSPS) is 16.5. The molecule has 1 aromatic carbocycles. The maximum atomic E-state index is 13.1. The number of aliphatic hydroxyl groups excluding tert-OH is 1. The number of Topliss-reactive ketones (excluding diaryl/α,β-unsaturated/α-hetero) is 1. The Morgan fingerprint density at radius 1 is 1.26 bits per heavy atom. The molecule has 1 N–H and O–H groups in total. The molecule has 11 heteroatoms. The molecule has 0 saturated carbocycles. The Morgan fingerprint density at radius 3 is 2.77 bits per heavy atom. The summed E-state index contributed by atoms with van der Waals surface area (Å²) in [5, 5.41) is 23.7. The molecular formula is C20H11N3O6S2. The van der Waals surface area contributed by atoms with Crippen LogP contribution in [0.2, 0.25) is 0 Å². The highest BCUT2D eigenvalue weighted by Crippen LogP contribution is 2.45. The number of nitro groups is 1. The molecule has 0 bridgehead atoms. The summed E-state index contributed by atoms with van der Waals surface area (Å²) >= 11 is 2.39. The van der Waals surface area contributed by atoms with Gasteiger partial charge in [0.25, 0.3) is 11.6 Å². The second kappa shape index (κ2) is 7.15. The van der Waals surface area contributed by atoms with Gasteiger partial charge in [-0.15, -0.1) is 11.3 Å². The first-order valence-corrected chi connectivity index (χ1v) is 10.6. The van der Waals surface area contributed by atoms with E-state index in [0.29, 0.717) is 15.1 Å².